The van der Waals surface area contributed by atoms with Crippen molar-refractivity contribution in [1.82, 2.24) is 15.1 Å². The molecule has 0 radical (unpaired) electrons. The van der Waals surface area contributed by atoms with Crippen LogP contribution in [0.2, 0.25) is 0 Å². The highest BCUT2D eigenvalue weighted by Crippen LogP contribution is 2.32. The van der Waals surface area contributed by atoms with Gasteiger partial charge in [0.2, 0.25) is 0 Å². The van der Waals surface area contributed by atoms with E-state index in [4.69, 9.17) is 0 Å². The van der Waals surface area contributed by atoms with E-state index in [2.05, 4.69) is 10.4 Å². The summed E-state index contributed by atoms with van der Waals surface area (Å²) in [7, 11) is 1.72. The Morgan fingerprint density at radius 3 is 2.56 bits per heavy atom. The van der Waals surface area contributed by atoms with Crippen LogP contribution in [-0.2, 0) is 19.1 Å². The first kappa shape index (κ1) is 13.0. The van der Waals surface area contributed by atoms with Crippen molar-refractivity contribution in [2.75, 3.05) is 7.05 Å². The predicted molar refractivity (Wildman–Crippen MR) is 55.1 cm³/mol. The number of alkyl halides is 3. The Kier molecular flexibility index (Phi) is 3.96. The highest BCUT2D eigenvalue weighted by atomic mass is 19.4. The summed E-state index contributed by atoms with van der Waals surface area (Å²) in [6.45, 7) is 3.71. The molecule has 0 amide bonds. The van der Waals surface area contributed by atoms with Gasteiger partial charge in [-0.05, 0) is 27.3 Å². The van der Waals surface area contributed by atoms with Gasteiger partial charge in [-0.25, -0.2) is 0 Å². The third kappa shape index (κ3) is 2.75. The number of aryl methyl sites for hydroxylation is 1. The average molecular weight is 235 g/mol. The van der Waals surface area contributed by atoms with E-state index in [1.165, 1.54) is 6.20 Å². The van der Waals surface area contributed by atoms with E-state index in [0.29, 0.717) is 6.42 Å². The first-order chi connectivity index (χ1) is 7.40. The molecular formula is C10H16F3N3. The molecule has 1 rings (SSSR count). The molecule has 92 valence electrons. The van der Waals surface area contributed by atoms with Gasteiger partial charge in [-0.1, -0.05) is 0 Å². The van der Waals surface area contributed by atoms with Crippen LogP contribution in [0, 0.1) is 0 Å². The lowest BCUT2D eigenvalue weighted by Gasteiger charge is -2.14. The molecule has 1 unspecified atom stereocenters. The largest absolute Gasteiger partial charge is 0.433 e. The van der Waals surface area contributed by atoms with Gasteiger partial charge in [-0.2, -0.15) is 18.3 Å². The van der Waals surface area contributed by atoms with Gasteiger partial charge in [0.05, 0.1) is 6.20 Å². The topological polar surface area (TPSA) is 29.9 Å². The molecule has 0 saturated heterocycles. The number of hydrogen-bond donors (Lipinski definition) is 1. The third-order valence-corrected chi connectivity index (χ3v) is 2.50. The second-order valence-electron chi connectivity index (χ2n) is 3.73. The van der Waals surface area contributed by atoms with Gasteiger partial charge in [-0.3, -0.25) is 4.68 Å². The molecule has 1 aromatic rings. The Morgan fingerprint density at radius 2 is 2.12 bits per heavy atom. The maximum Gasteiger partial charge on any atom is 0.433 e. The summed E-state index contributed by atoms with van der Waals surface area (Å²) in [6, 6.07) is -0.00407. The van der Waals surface area contributed by atoms with Crippen molar-refractivity contribution in [3.8, 4) is 0 Å². The Labute approximate surface area is 92.6 Å². The Balaban J connectivity index is 3.05. The average Bonchev–Trinajstić information content (AvgIpc) is 2.60. The van der Waals surface area contributed by atoms with Gasteiger partial charge < -0.3 is 5.32 Å². The SMILES string of the molecule is CCn1ncc(CC(C)NC)c1C(F)(F)F. The fourth-order valence-electron chi connectivity index (χ4n) is 1.57. The zero-order valence-corrected chi connectivity index (χ0v) is 9.60. The summed E-state index contributed by atoms with van der Waals surface area (Å²) in [5.41, 5.74) is -0.381. The molecule has 0 fully saturated rings. The third-order valence-electron chi connectivity index (χ3n) is 2.50. The van der Waals surface area contributed by atoms with Crippen molar-refractivity contribution < 1.29 is 13.2 Å². The summed E-state index contributed by atoms with van der Waals surface area (Å²) >= 11 is 0. The zero-order chi connectivity index (χ0) is 12.3. The van der Waals surface area contributed by atoms with Crippen LogP contribution in [0.25, 0.3) is 0 Å². The monoisotopic (exact) mass is 235 g/mol. The summed E-state index contributed by atoms with van der Waals surface area (Å²) < 4.78 is 39.4. The number of likely N-dealkylation sites (N-methyl/N-ethyl adjacent to an activating group) is 1. The minimum absolute atomic E-state index is 0.00407. The van der Waals surface area contributed by atoms with E-state index < -0.39 is 11.9 Å². The molecule has 0 spiro atoms. The standard InChI is InChI=1S/C10H16F3N3/c1-4-16-9(10(11,12)13)8(6-15-16)5-7(2)14-3/h6-7,14H,4-5H2,1-3H3. The van der Waals surface area contributed by atoms with Crippen LogP contribution in [-0.4, -0.2) is 22.9 Å². The lowest BCUT2D eigenvalue weighted by molar-refractivity contribution is -0.144. The zero-order valence-electron chi connectivity index (χ0n) is 9.60. The first-order valence-electron chi connectivity index (χ1n) is 5.19. The summed E-state index contributed by atoms with van der Waals surface area (Å²) in [6.07, 6.45) is -2.71. The highest BCUT2D eigenvalue weighted by molar-refractivity contribution is 5.22. The van der Waals surface area contributed by atoms with Gasteiger partial charge in [0.25, 0.3) is 0 Å². The van der Waals surface area contributed by atoms with Crippen LogP contribution in [0.1, 0.15) is 25.1 Å². The Bertz CT molecular complexity index is 344. The molecule has 0 aliphatic carbocycles. The molecule has 0 saturated carbocycles. The quantitative estimate of drug-likeness (QED) is 0.865. The molecule has 1 heterocycles. The second-order valence-corrected chi connectivity index (χ2v) is 3.73. The second kappa shape index (κ2) is 4.86. The van der Waals surface area contributed by atoms with Gasteiger partial charge in [0.15, 0.2) is 0 Å². The van der Waals surface area contributed by atoms with Crippen LogP contribution < -0.4 is 5.32 Å². The van der Waals surface area contributed by atoms with E-state index in [1.807, 2.05) is 6.92 Å². The van der Waals surface area contributed by atoms with E-state index >= 15 is 0 Å². The van der Waals surface area contributed by atoms with E-state index in [9.17, 15) is 13.2 Å². The number of hydrogen-bond acceptors (Lipinski definition) is 2. The molecule has 6 heteroatoms. The minimum Gasteiger partial charge on any atom is -0.317 e. The molecule has 0 bridgehead atoms. The van der Waals surface area contributed by atoms with Crippen LogP contribution in [0.3, 0.4) is 0 Å². The molecule has 1 N–H and O–H groups in total. The van der Waals surface area contributed by atoms with Crippen molar-refractivity contribution in [3.05, 3.63) is 17.5 Å². The number of halogens is 3. The lowest BCUT2D eigenvalue weighted by Crippen LogP contribution is -2.25. The van der Waals surface area contributed by atoms with E-state index in [0.717, 1.165) is 4.68 Å². The van der Waals surface area contributed by atoms with E-state index in [-0.39, 0.29) is 18.2 Å². The van der Waals surface area contributed by atoms with Gasteiger partial charge in [0, 0.05) is 18.2 Å². The maximum atomic E-state index is 12.8. The van der Waals surface area contributed by atoms with Gasteiger partial charge >= 0.3 is 6.18 Å². The fraction of sp³-hybridized carbons (Fsp3) is 0.700. The molecule has 3 nitrogen and oxygen atoms in total. The van der Waals surface area contributed by atoms with Crippen molar-refractivity contribution in [3.63, 3.8) is 0 Å². The van der Waals surface area contributed by atoms with Crippen LogP contribution in [0.5, 0.6) is 0 Å². The van der Waals surface area contributed by atoms with Crippen LogP contribution in [0.4, 0.5) is 13.2 Å². The van der Waals surface area contributed by atoms with Gasteiger partial charge in [0.1, 0.15) is 5.69 Å². The van der Waals surface area contributed by atoms with E-state index in [1.54, 1.807) is 14.0 Å². The highest BCUT2D eigenvalue weighted by Gasteiger charge is 2.37. The molecular weight excluding hydrogens is 219 g/mol. The van der Waals surface area contributed by atoms with Crippen LogP contribution in [0.15, 0.2) is 6.20 Å². The lowest BCUT2D eigenvalue weighted by atomic mass is 10.1. The summed E-state index contributed by atoms with van der Waals surface area (Å²) in [4.78, 5) is 0. The number of nitrogens with one attached hydrogen (secondary N) is 1. The molecule has 0 aliphatic rings. The molecule has 0 aromatic carbocycles. The fourth-order valence-corrected chi connectivity index (χ4v) is 1.57. The van der Waals surface area contributed by atoms with Crippen molar-refractivity contribution in [1.29, 1.82) is 0 Å². The van der Waals surface area contributed by atoms with Crippen LogP contribution >= 0.6 is 0 Å². The smallest absolute Gasteiger partial charge is 0.317 e. The molecule has 1 atom stereocenters. The first-order valence-corrected chi connectivity index (χ1v) is 5.19. The number of rotatable bonds is 4. The van der Waals surface area contributed by atoms with Crippen molar-refractivity contribution >= 4 is 0 Å². The summed E-state index contributed by atoms with van der Waals surface area (Å²) in [5, 5.41) is 6.67. The Morgan fingerprint density at radius 1 is 1.50 bits per heavy atom. The normalized spacial score (nSPS) is 14.1. The van der Waals surface area contributed by atoms with Crippen molar-refractivity contribution in [2.45, 2.75) is 39.0 Å². The summed E-state index contributed by atoms with van der Waals surface area (Å²) in [5.74, 6) is 0. The maximum absolute atomic E-state index is 12.8. The minimum atomic E-state index is -4.34. The molecule has 16 heavy (non-hydrogen) atoms. The molecule has 1 aromatic heterocycles. The van der Waals surface area contributed by atoms with Crippen molar-refractivity contribution in [2.24, 2.45) is 0 Å². The molecule has 0 aliphatic heterocycles. The number of nitrogens with zero attached hydrogens (tertiary/aromatic N) is 2. The predicted octanol–water partition coefficient (Wildman–Crippen LogP) is 2.07. The number of aromatic nitrogens is 2. The van der Waals surface area contributed by atoms with Gasteiger partial charge in [-0.15, -0.1) is 0 Å². The Hall–Kier alpha value is -1.04.